The third kappa shape index (κ3) is 8.41. The van der Waals surface area contributed by atoms with Crippen molar-refractivity contribution in [2.75, 3.05) is 19.7 Å². The van der Waals surface area contributed by atoms with Gasteiger partial charge in [-0.1, -0.05) is 18.2 Å². The molecule has 3 rings (SSSR count). The van der Waals surface area contributed by atoms with E-state index in [-0.39, 0.29) is 42.0 Å². The molecule has 0 saturated carbocycles. The summed E-state index contributed by atoms with van der Waals surface area (Å²) in [4.78, 5) is 26.9. The van der Waals surface area contributed by atoms with Gasteiger partial charge in [-0.15, -0.1) is 0 Å². The average molecular weight is 504 g/mol. The molecule has 0 radical (unpaired) electrons. The highest BCUT2D eigenvalue weighted by atomic mass is 32.2. The number of esters is 1. The van der Waals surface area contributed by atoms with Crippen LogP contribution in [0.3, 0.4) is 0 Å². The second-order valence-corrected chi connectivity index (χ2v) is 9.29. The summed E-state index contributed by atoms with van der Waals surface area (Å²) in [5.74, 6) is -1.33. The molecule has 2 aliphatic heterocycles. The number of nitrogens with zero attached hydrogens (tertiary/aromatic N) is 2. The summed E-state index contributed by atoms with van der Waals surface area (Å²) in [5.41, 5.74) is 6.95. The van der Waals surface area contributed by atoms with Crippen molar-refractivity contribution in [2.45, 2.75) is 57.6 Å². The highest BCUT2D eigenvalue weighted by molar-refractivity contribution is 7.93. The number of aromatic hydroxyl groups is 2. The van der Waals surface area contributed by atoms with Gasteiger partial charge in [0.2, 0.25) is 5.91 Å². The molecule has 2 heterocycles. The average Bonchev–Trinajstić information content (AvgIpc) is 2.81. The third-order valence-electron chi connectivity index (χ3n) is 5.74. The van der Waals surface area contributed by atoms with E-state index in [2.05, 4.69) is 4.40 Å². The Bertz CT molecular complexity index is 988. The van der Waals surface area contributed by atoms with Crippen LogP contribution in [0.1, 0.15) is 54.9 Å². The minimum absolute atomic E-state index is 0.0281. The molecule has 9 nitrogen and oxygen atoms in total. The number of piperidine rings is 1. The Morgan fingerprint density at radius 3 is 2.77 bits per heavy atom. The van der Waals surface area contributed by atoms with E-state index in [4.69, 9.17) is 14.7 Å². The van der Waals surface area contributed by atoms with Gasteiger partial charge in [-0.25, -0.2) is 4.79 Å². The Balaban J connectivity index is 1.79. The lowest BCUT2D eigenvalue weighted by atomic mass is 9.99. The molecule has 10 heteroatoms. The molecule has 4 N–H and O–H groups in total. The quantitative estimate of drug-likeness (QED) is 0.187. The van der Waals surface area contributed by atoms with Gasteiger partial charge in [0.1, 0.15) is 42.0 Å². The minimum atomic E-state index is -0.695. The number of amides is 1. The van der Waals surface area contributed by atoms with Gasteiger partial charge in [-0.3, -0.25) is 8.98 Å². The number of fused-ring (bicyclic) bond motifs is 1. The van der Waals surface area contributed by atoms with Crippen LogP contribution in [0.25, 0.3) is 0 Å². The summed E-state index contributed by atoms with van der Waals surface area (Å²) in [6.07, 6.45) is 11.2. The van der Waals surface area contributed by atoms with Crippen molar-refractivity contribution < 1.29 is 28.7 Å². The number of phenolic OH excluding ortho intramolecular Hbond substituents is 2. The van der Waals surface area contributed by atoms with Crippen LogP contribution in [0.15, 0.2) is 40.8 Å². The van der Waals surface area contributed by atoms with Gasteiger partial charge in [0.25, 0.3) is 0 Å². The molecule has 1 aromatic carbocycles. The molecule has 2 aliphatic rings. The topological polar surface area (TPSA) is 135 Å². The number of nitrogens with two attached hydrogens (primary N) is 1. The molecule has 190 valence electrons. The van der Waals surface area contributed by atoms with E-state index in [0.717, 1.165) is 50.6 Å². The monoisotopic (exact) mass is 503 g/mol. The number of phenols is 2. The first kappa shape index (κ1) is 26.8. The van der Waals surface area contributed by atoms with Gasteiger partial charge in [-0.2, -0.15) is 4.40 Å². The second-order valence-electron chi connectivity index (χ2n) is 8.72. The number of hydrogen-bond acceptors (Lipinski definition) is 9. The largest absolute Gasteiger partial charge is 0.508 e. The molecule has 0 aromatic heterocycles. The van der Waals surface area contributed by atoms with Gasteiger partial charge < -0.3 is 25.6 Å². The van der Waals surface area contributed by atoms with E-state index in [9.17, 15) is 19.8 Å². The van der Waals surface area contributed by atoms with Crippen LogP contribution in [0.5, 0.6) is 11.5 Å². The van der Waals surface area contributed by atoms with E-state index in [1.807, 2.05) is 18.2 Å². The normalized spacial score (nSPS) is 24.8. The van der Waals surface area contributed by atoms with Crippen molar-refractivity contribution in [1.82, 2.24) is 4.90 Å². The number of allylic oxidation sites excluding steroid dienone is 1. The number of benzene rings is 1. The molecule has 0 bridgehead atoms. The Kier molecular flexibility index (Phi) is 10.2. The predicted octanol–water partition coefficient (Wildman–Crippen LogP) is 3.45. The number of carbonyl (C=O) groups excluding carboxylic acids is 2. The zero-order valence-electron chi connectivity index (χ0n) is 19.9. The summed E-state index contributed by atoms with van der Waals surface area (Å²) in [6.45, 7) is 3.15. The van der Waals surface area contributed by atoms with Gasteiger partial charge in [0, 0.05) is 38.0 Å². The second kappa shape index (κ2) is 13.3. The van der Waals surface area contributed by atoms with Gasteiger partial charge in [0.15, 0.2) is 0 Å². The Morgan fingerprint density at radius 2 is 2.00 bits per heavy atom. The Labute approximate surface area is 210 Å². The lowest BCUT2D eigenvalue weighted by Gasteiger charge is -2.26. The standard InChI is InChI=1S/C25H33N3O6S/c1-17-7-5-8-19(26)9-6-10-20(27-35-33-16-23(31)28-11-3-2-4-12-28)13-18-14-21(29)15-22(30)24(18)25(32)34-17/h5-6,8,10,14-15,17,19,29-30H,2-4,7,9,11-13,16,26H2,1H3/b8-5+,10-6+,27-20+/t17-,19+/m1/s1. The van der Waals surface area contributed by atoms with Crippen LogP contribution >= 0.6 is 12.2 Å². The van der Waals surface area contributed by atoms with Crippen LogP contribution in [0, 0.1) is 0 Å². The van der Waals surface area contributed by atoms with E-state index in [1.165, 1.54) is 6.07 Å². The zero-order valence-corrected chi connectivity index (χ0v) is 20.7. The molecule has 2 atom stereocenters. The molecule has 1 saturated heterocycles. The molecule has 0 aliphatic carbocycles. The molecule has 1 amide bonds. The maximum atomic E-state index is 12.8. The van der Waals surface area contributed by atoms with Crippen LogP contribution < -0.4 is 5.73 Å². The zero-order chi connectivity index (χ0) is 25.2. The van der Waals surface area contributed by atoms with E-state index in [0.29, 0.717) is 24.1 Å². The molecule has 1 aromatic rings. The molecular formula is C25H33N3O6S. The van der Waals surface area contributed by atoms with E-state index >= 15 is 0 Å². The summed E-state index contributed by atoms with van der Waals surface area (Å²) in [7, 11) is 0. The van der Waals surface area contributed by atoms with Gasteiger partial charge in [-0.05, 0) is 50.3 Å². The predicted molar refractivity (Wildman–Crippen MR) is 135 cm³/mol. The first-order valence-corrected chi connectivity index (χ1v) is 12.5. The van der Waals surface area contributed by atoms with E-state index < -0.39 is 12.1 Å². The van der Waals surface area contributed by atoms with Gasteiger partial charge >= 0.3 is 5.97 Å². The number of hydrogen-bond donors (Lipinski definition) is 3. The number of rotatable bonds is 4. The molecule has 35 heavy (non-hydrogen) atoms. The number of carbonyl (C=O) groups is 2. The van der Waals surface area contributed by atoms with Crippen molar-refractivity contribution in [3.05, 3.63) is 47.6 Å². The summed E-state index contributed by atoms with van der Waals surface area (Å²) >= 11 is 0.785. The summed E-state index contributed by atoms with van der Waals surface area (Å²) in [5, 5.41) is 20.4. The van der Waals surface area contributed by atoms with Crippen molar-refractivity contribution >= 4 is 29.8 Å². The molecule has 1 fully saturated rings. The maximum absolute atomic E-state index is 12.8. The van der Waals surface area contributed by atoms with Crippen LogP contribution in [-0.2, 0) is 20.1 Å². The fraction of sp³-hybridized carbons (Fsp3) is 0.480. The fourth-order valence-electron chi connectivity index (χ4n) is 3.92. The maximum Gasteiger partial charge on any atom is 0.342 e. The Hall–Kier alpha value is -2.82. The van der Waals surface area contributed by atoms with Crippen molar-refractivity contribution in [2.24, 2.45) is 10.1 Å². The minimum Gasteiger partial charge on any atom is -0.508 e. The van der Waals surface area contributed by atoms with Crippen LogP contribution in [0.2, 0.25) is 0 Å². The first-order chi connectivity index (χ1) is 16.8. The Morgan fingerprint density at radius 1 is 1.23 bits per heavy atom. The van der Waals surface area contributed by atoms with Crippen LogP contribution in [0.4, 0.5) is 0 Å². The van der Waals surface area contributed by atoms with Gasteiger partial charge in [0.05, 0.1) is 5.71 Å². The number of likely N-dealkylation sites (tertiary alicyclic amines) is 1. The lowest BCUT2D eigenvalue weighted by molar-refractivity contribution is -0.133. The molecular weight excluding hydrogens is 470 g/mol. The smallest absolute Gasteiger partial charge is 0.342 e. The molecule has 0 unspecified atom stereocenters. The van der Waals surface area contributed by atoms with Crippen LogP contribution in [-0.4, -0.2) is 64.5 Å². The van der Waals surface area contributed by atoms with Crippen molar-refractivity contribution in [3.63, 3.8) is 0 Å². The highest BCUT2D eigenvalue weighted by Gasteiger charge is 2.22. The van der Waals surface area contributed by atoms with Crippen molar-refractivity contribution in [1.29, 1.82) is 0 Å². The van der Waals surface area contributed by atoms with Crippen molar-refractivity contribution in [3.8, 4) is 11.5 Å². The highest BCUT2D eigenvalue weighted by Crippen LogP contribution is 2.29. The molecule has 0 spiro atoms. The SMILES string of the molecule is C[C@@H]1C/C=C/[C@H](N)C/C=C/C(=N\SOCC(=O)N2CCCCC2)Cc2cc(O)cc(O)c2C(=O)O1. The number of cyclic esters (lactones) is 1. The summed E-state index contributed by atoms with van der Waals surface area (Å²) < 4.78 is 15.3. The third-order valence-corrected chi connectivity index (χ3v) is 6.27. The summed E-state index contributed by atoms with van der Waals surface area (Å²) in [6, 6.07) is 2.28. The fourth-order valence-corrected chi connectivity index (χ4v) is 4.35. The first-order valence-electron chi connectivity index (χ1n) is 11.8. The lowest BCUT2D eigenvalue weighted by Crippen LogP contribution is -2.37. The number of ether oxygens (including phenoxy) is 1. The van der Waals surface area contributed by atoms with E-state index in [1.54, 1.807) is 17.9 Å².